The number of fused-ring (bicyclic) bond motifs is 1. The zero-order valence-electron chi connectivity index (χ0n) is 13.9. The average Bonchev–Trinajstić information content (AvgIpc) is 3.25. The van der Waals surface area contributed by atoms with Crippen molar-refractivity contribution >= 4 is 28.3 Å². The second-order valence-corrected chi connectivity index (χ2v) is 7.44. The lowest BCUT2D eigenvalue weighted by molar-refractivity contribution is -0.131. The monoisotopic (exact) mass is 340 g/mol. The Balaban J connectivity index is 1.59. The van der Waals surface area contributed by atoms with Crippen LogP contribution >= 0.6 is 11.3 Å². The number of hydrogen-bond acceptors (Lipinski definition) is 4. The number of benzene rings is 1. The Morgan fingerprint density at radius 1 is 1.38 bits per heavy atom. The summed E-state index contributed by atoms with van der Waals surface area (Å²) in [6, 6.07) is 6.18. The number of hydrogen-bond donors (Lipinski definition) is 1. The van der Waals surface area contributed by atoms with Gasteiger partial charge in [-0.05, 0) is 38.3 Å². The van der Waals surface area contributed by atoms with E-state index in [0.29, 0.717) is 6.42 Å². The van der Waals surface area contributed by atoms with Crippen LogP contribution in [-0.2, 0) is 11.2 Å². The van der Waals surface area contributed by atoms with Gasteiger partial charge in [0.05, 0.1) is 34.2 Å². The molecule has 1 N–H and O–H groups in total. The normalized spacial score (nSPS) is 17.8. The van der Waals surface area contributed by atoms with E-state index in [-0.39, 0.29) is 11.9 Å². The Morgan fingerprint density at radius 3 is 3.00 bits per heavy atom. The molecule has 0 unspecified atom stereocenters. The first-order valence-corrected chi connectivity index (χ1v) is 9.15. The third kappa shape index (κ3) is 2.71. The number of nitrogens with one attached hydrogen (secondary N) is 1. The largest absolute Gasteiger partial charge is 0.340 e. The fourth-order valence-corrected chi connectivity index (χ4v) is 4.06. The van der Waals surface area contributed by atoms with Crippen molar-refractivity contribution in [3.63, 3.8) is 0 Å². The summed E-state index contributed by atoms with van der Waals surface area (Å²) in [5, 5.41) is 2.98. The summed E-state index contributed by atoms with van der Waals surface area (Å²) < 4.78 is 0. The van der Waals surface area contributed by atoms with Crippen LogP contribution in [0, 0.1) is 13.8 Å². The number of imidazole rings is 1. The molecule has 6 heteroatoms. The van der Waals surface area contributed by atoms with E-state index >= 15 is 0 Å². The third-order valence-electron chi connectivity index (χ3n) is 4.62. The van der Waals surface area contributed by atoms with Crippen molar-refractivity contribution in [1.29, 1.82) is 0 Å². The molecular weight excluding hydrogens is 320 g/mol. The van der Waals surface area contributed by atoms with Crippen molar-refractivity contribution in [3.8, 4) is 0 Å². The van der Waals surface area contributed by atoms with Gasteiger partial charge in [0.25, 0.3) is 0 Å². The molecule has 0 aliphatic carbocycles. The smallest absolute Gasteiger partial charge is 0.229 e. The number of para-hydroxylation sites is 1. The van der Waals surface area contributed by atoms with Crippen LogP contribution in [0.3, 0.4) is 0 Å². The Labute approximate surface area is 144 Å². The number of aromatic nitrogens is 3. The highest BCUT2D eigenvalue weighted by Crippen LogP contribution is 2.32. The highest BCUT2D eigenvalue weighted by Gasteiger charge is 2.32. The topological polar surface area (TPSA) is 61.9 Å². The van der Waals surface area contributed by atoms with Gasteiger partial charge >= 0.3 is 0 Å². The number of likely N-dealkylation sites (tertiary alicyclic amines) is 1. The Hall–Kier alpha value is -2.21. The van der Waals surface area contributed by atoms with E-state index in [9.17, 15) is 4.79 Å². The molecule has 4 rings (SSSR count). The number of nitrogens with zero attached hydrogens (tertiary/aromatic N) is 3. The SMILES string of the molecule is Cc1nc(CC(=O)N2CCC[C@H]2c2nc3c(C)cccc3[nH]2)cs1. The molecule has 1 aliphatic rings. The van der Waals surface area contributed by atoms with E-state index in [1.54, 1.807) is 11.3 Å². The molecule has 3 aromatic rings. The number of rotatable bonds is 3. The molecule has 0 bridgehead atoms. The molecule has 24 heavy (non-hydrogen) atoms. The summed E-state index contributed by atoms with van der Waals surface area (Å²) in [5.74, 6) is 1.04. The Bertz CT molecular complexity index is 897. The molecular formula is C18H20N4OS. The van der Waals surface area contributed by atoms with Gasteiger partial charge in [0.1, 0.15) is 5.82 Å². The molecule has 0 radical (unpaired) electrons. The predicted octanol–water partition coefficient (Wildman–Crippen LogP) is 3.54. The van der Waals surface area contributed by atoms with Gasteiger partial charge in [-0.3, -0.25) is 4.79 Å². The van der Waals surface area contributed by atoms with Crippen molar-refractivity contribution in [2.75, 3.05) is 6.54 Å². The van der Waals surface area contributed by atoms with E-state index in [4.69, 9.17) is 4.98 Å². The molecule has 124 valence electrons. The van der Waals surface area contributed by atoms with Crippen molar-refractivity contribution in [1.82, 2.24) is 19.9 Å². The number of thiazole rings is 1. The van der Waals surface area contributed by atoms with E-state index in [1.807, 2.05) is 29.3 Å². The predicted molar refractivity (Wildman–Crippen MR) is 95.1 cm³/mol. The van der Waals surface area contributed by atoms with Crippen molar-refractivity contribution in [2.45, 2.75) is 39.2 Å². The number of H-pyrrole nitrogens is 1. The van der Waals surface area contributed by atoms with E-state index in [1.165, 1.54) is 0 Å². The van der Waals surface area contributed by atoms with Crippen molar-refractivity contribution in [2.24, 2.45) is 0 Å². The molecule has 1 aliphatic heterocycles. The Kier molecular flexibility index (Phi) is 3.84. The molecule has 2 aromatic heterocycles. The molecule has 0 spiro atoms. The number of carbonyl (C=O) groups excluding carboxylic acids is 1. The summed E-state index contributed by atoms with van der Waals surface area (Å²) in [6.45, 7) is 4.83. The van der Waals surface area contributed by atoms with E-state index in [0.717, 1.165) is 52.5 Å². The molecule has 1 saturated heterocycles. The minimum atomic E-state index is 0.0454. The van der Waals surface area contributed by atoms with Crippen LogP contribution in [0.2, 0.25) is 0 Å². The molecule has 1 aromatic carbocycles. The summed E-state index contributed by atoms with van der Waals surface area (Å²) in [7, 11) is 0. The highest BCUT2D eigenvalue weighted by molar-refractivity contribution is 7.09. The van der Waals surface area contributed by atoms with E-state index in [2.05, 4.69) is 23.0 Å². The van der Waals surface area contributed by atoms with Crippen LogP contribution in [-0.4, -0.2) is 32.3 Å². The van der Waals surface area contributed by atoms with Crippen LogP contribution < -0.4 is 0 Å². The van der Waals surface area contributed by atoms with Crippen LogP contribution in [0.1, 0.15) is 41.0 Å². The van der Waals surface area contributed by atoms with Crippen molar-refractivity contribution < 1.29 is 4.79 Å². The molecule has 1 atom stereocenters. The van der Waals surface area contributed by atoms with Gasteiger partial charge in [0, 0.05) is 11.9 Å². The summed E-state index contributed by atoms with van der Waals surface area (Å²) in [6.07, 6.45) is 2.35. The summed E-state index contributed by atoms with van der Waals surface area (Å²) in [5.41, 5.74) is 4.07. The number of amides is 1. The first-order chi connectivity index (χ1) is 11.6. The fourth-order valence-electron chi connectivity index (χ4n) is 3.45. The zero-order chi connectivity index (χ0) is 16.7. The van der Waals surface area contributed by atoms with Gasteiger partial charge < -0.3 is 9.88 Å². The molecule has 3 heterocycles. The lowest BCUT2D eigenvalue weighted by atomic mass is 10.2. The summed E-state index contributed by atoms with van der Waals surface area (Å²) in [4.78, 5) is 27.3. The van der Waals surface area contributed by atoms with Gasteiger partial charge in [0.2, 0.25) is 5.91 Å². The third-order valence-corrected chi connectivity index (χ3v) is 5.44. The summed E-state index contributed by atoms with van der Waals surface area (Å²) >= 11 is 1.59. The first-order valence-electron chi connectivity index (χ1n) is 8.27. The molecule has 1 amide bonds. The highest BCUT2D eigenvalue weighted by atomic mass is 32.1. The van der Waals surface area contributed by atoms with Crippen LogP contribution in [0.25, 0.3) is 11.0 Å². The van der Waals surface area contributed by atoms with E-state index < -0.39 is 0 Å². The van der Waals surface area contributed by atoms with Crippen LogP contribution in [0.15, 0.2) is 23.6 Å². The second kappa shape index (κ2) is 6.02. The first kappa shape index (κ1) is 15.3. The maximum absolute atomic E-state index is 12.7. The van der Waals surface area contributed by atoms with Gasteiger partial charge in [-0.15, -0.1) is 11.3 Å². The quantitative estimate of drug-likeness (QED) is 0.793. The second-order valence-electron chi connectivity index (χ2n) is 6.37. The number of carbonyl (C=O) groups is 1. The number of aromatic amines is 1. The van der Waals surface area contributed by atoms with Gasteiger partial charge in [-0.2, -0.15) is 0 Å². The minimum absolute atomic E-state index is 0.0454. The van der Waals surface area contributed by atoms with Gasteiger partial charge in [0.15, 0.2) is 0 Å². The lowest BCUT2D eigenvalue weighted by Gasteiger charge is -2.22. The average molecular weight is 340 g/mol. The standard InChI is InChI=1S/C18H20N4OS/c1-11-5-3-6-14-17(11)21-18(20-14)15-7-4-8-22(15)16(23)9-13-10-24-12(2)19-13/h3,5-6,10,15H,4,7-9H2,1-2H3,(H,20,21)/t15-/m0/s1. The van der Waals surface area contributed by atoms with Crippen molar-refractivity contribution in [3.05, 3.63) is 45.7 Å². The lowest BCUT2D eigenvalue weighted by Crippen LogP contribution is -2.32. The molecule has 5 nitrogen and oxygen atoms in total. The van der Waals surface area contributed by atoms with Crippen LogP contribution in [0.5, 0.6) is 0 Å². The van der Waals surface area contributed by atoms with Gasteiger partial charge in [-0.25, -0.2) is 9.97 Å². The molecule has 1 fully saturated rings. The number of aryl methyl sites for hydroxylation is 2. The van der Waals surface area contributed by atoms with Gasteiger partial charge in [-0.1, -0.05) is 12.1 Å². The molecule has 0 saturated carbocycles. The Morgan fingerprint density at radius 2 is 2.25 bits per heavy atom. The zero-order valence-corrected chi connectivity index (χ0v) is 14.7. The van der Waals surface area contributed by atoms with Crippen LogP contribution in [0.4, 0.5) is 0 Å². The minimum Gasteiger partial charge on any atom is -0.340 e. The maximum Gasteiger partial charge on any atom is 0.229 e. The maximum atomic E-state index is 12.7. The fraction of sp³-hybridized carbons (Fsp3) is 0.389.